The van der Waals surface area contributed by atoms with Crippen molar-refractivity contribution in [2.45, 2.75) is 11.4 Å². The minimum Gasteiger partial charge on any atom is -0.468 e. The maximum absolute atomic E-state index is 13.3. The average molecular weight is 334 g/mol. The zero-order valence-corrected chi connectivity index (χ0v) is 11.5. The van der Waals surface area contributed by atoms with Gasteiger partial charge >= 0.3 is 0 Å². The summed E-state index contributed by atoms with van der Waals surface area (Å²) in [6.07, 6.45) is 1.45. The number of rotatable bonds is 4. The van der Waals surface area contributed by atoms with Gasteiger partial charge in [-0.1, -0.05) is 0 Å². The SMILES string of the molecule is O=S(=O)(NCc1ccco1)c1ccc(Br)c(F)c1. The summed E-state index contributed by atoms with van der Waals surface area (Å²) in [4.78, 5) is -0.130. The first kappa shape index (κ1) is 13.3. The summed E-state index contributed by atoms with van der Waals surface area (Å²) in [5, 5.41) is 0. The summed E-state index contributed by atoms with van der Waals surface area (Å²) in [5.41, 5.74) is 0. The van der Waals surface area contributed by atoms with E-state index in [9.17, 15) is 12.8 Å². The Morgan fingerprint density at radius 2 is 2.11 bits per heavy atom. The fourth-order valence-electron chi connectivity index (χ4n) is 1.31. The third-order valence-corrected chi connectivity index (χ3v) is 4.26. The van der Waals surface area contributed by atoms with E-state index in [1.807, 2.05) is 0 Å². The van der Waals surface area contributed by atoms with E-state index in [0.717, 1.165) is 6.07 Å². The Balaban J connectivity index is 2.17. The Morgan fingerprint density at radius 3 is 2.72 bits per heavy atom. The number of sulfonamides is 1. The van der Waals surface area contributed by atoms with Crippen LogP contribution in [-0.4, -0.2) is 8.42 Å². The Morgan fingerprint density at radius 1 is 1.33 bits per heavy atom. The van der Waals surface area contributed by atoms with Gasteiger partial charge in [-0.25, -0.2) is 17.5 Å². The molecule has 0 saturated carbocycles. The van der Waals surface area contributed by atoms with Crippen LogP contribution in [0.4, 0.5) is 4.39 Å². The Bertz CT molecular complexity index is 640. The van der Waals surface area contributed by atoms with E-state index >= 15 is 0 Å². The van der Waals surface area contributed by atoms with Crippen molar-refractivity contribution in [2.75, 3.05) is 0 Å². The number of furan rings is 1. The van der Waals surface area contributed by atoms with Crippen LogP contribution in [0.1, 0.15) is 5.76 Å². The van der Waals surface area contributed by atoms with E-state index in [0.29, 0.717) is 5.76 Å². The summed E-state index contributed by atoms with van der Waals surface area (Å²) in [5.74, 6) is -0.146. The van der Waals surface area contributed by atoms with Crippen LogP contribution in [0.5, 0.6) is 0 Å². The molecule has 96 valence electrons. The molecule has 0 bridgehead atoms. The number of halogens is 2. The minimum atomic E-state index is -3.75. The third kappa shape index (κ3) is 2.98. The number of hydrogen-bond acceptors (Lipinski definition) is 3. The van der Waals surface area contributed by atoms with Gasteiger partial charge in [0.25, 0.3) is 0 Å². The second kappa shape index (κ2) is 5.21. The number of benzene rings is 1. The van der Waals surface area contributed by atoms with Crippen LogP contribution < -0.4 is 4.72 Å². The van der Waals surface area contributed by atoms with Crippen molar-refractivity contribution in [1.29, 1.82) is 0 Å². The van der Waals surface area contributed by atoms with Gasteiger partial charge in [-0.15, -0.1) is 0 Å². The fourth-order valence-corrected chi connectivity index (χ4v) is 2.56. The Labute approximate surface area is 112 Å². The maximum Gasteiger partial charge on any atom is 0.241 e. The van der Waals surface area contributed by atoms with Crippen LogP contribution in [0, 0.1) is 5.82 Å². The lowest BCUT2D eigenvalue weighted by Crippen LogP contribution is -2.23. The van der Waals surface area contributed by atoms with Crippen molar-refractivity contribution in [2.24, 2.45) is 0 Å². The second-order valence-corrected chi connectivity index (χ2v) is 6.10. The zero-order valence-electron chi connectivity index (χ0n) is 9.06. The molecule has 1 N–H and O–H groups in total. The normalized spacial score (nSPS) is 11.7. The molecule has 0 aliphatic carbocycles. The van der Waals surface area contributed by atoms with Gasteiger partial charge in [0.05, 0.1) is 22.2 Å². The van der Waals surface area contributed by atoms with E-state index in [1.165, 1.54) is 18.4 Å². The lowest BCUT2D eigenvalue weighted by atomic mass is 10.3. The highest BCUT2D eigenvalue weighted by Crippen LogP contribution is 2.19. The molecular weight excluding hydrogens is 325 g/mol. The topological polar surface area (TPSA) is 59.3 Å². The summed E-state index contributed by atoms with van der Waals surface area (Å²) < 4.78 is 44.5. The van der Waals surface area contributed by atoms with Gasteiger partial charge in [-0.2, -0.15) is 0 Å². The highest BCUT2D eigenvalue weighted by molar-refractivity contribution is 9.10. The van der Waals surface area contributed by atoms with Gasteiger partial charge in [-0.3, -0.25) is 0 Å². The smallest absolute Gasteiger partial charge is 0.241 e. The molecule has 18 heavy (non-hydrogen) atoms. The highest BCUT2D eigenvalue weighted by Gasteiger charge is 2.16. The molecule has 2 aromatic rings. The fraction of sp³-hybridized carbons (Fsp3) is 0.0909. The molecule has 0 spiro atoms. The largest absolute Gasteiger partial charge is 0.468 e. The quantitative estimate of drug-likeness (QED) is 0.935. The molecular formula is C11H9BrFNO3S. The van der Waals surface area contributed by atoms with E-state index in [-0.39, 0.29) is 15.9 Å². The van der Waals surface area contributed by atoms with Gasteiger partial charge in [0.2, 0.25) is 10.0 Å². The van der Waals surface area contributed by atoms with Gasteiger partial charge in [-0.05, 0) is 46.3 Å². The molecule has 0 amide bonds. The van der Waals surface area contributed by atoms with Crippen LogP contribution in [-0.2, 0) is 16.6 Å². The number of nitrogens with one attached hydrogen (secondary N) is 1. The van der Waals surface area contributed by atoms with Crippen molar-refractivity contribution in [3.05, 3.63) is 52.6 Å². The monoisotopic (exact) mass is 333 g/mol. The van der Waals surface area contributed by atoms with Crippen LogP contribution in [0.25, 0.3) is 0 Å². The van der Waals surface area contributed by atoms with Crippen LogP contribution in [0.2, 0.25) is 0 Å². The Hall–Kier alpha value is -1.18. The molecule has 0 aliphatic heterocycles. The van der Waals surface area contributed by atoms with E-state index in [1.54, 1.807) is 12.1 Å². The molecule has 1 heterocycles. The summed E-state index contributed by atoms with van der Waals surface area (Å²) in [6.45, 7) is 0.0208. The second-order valence-electron chi connectivity index (χ2n) is 3.48. The van der Waals surface area contributed by atoms with Gasteiger partial charge in [0.15, 0.2) is 0 Å². The predicted octanol–water partition coefficient (Wildman–Crippen LogP) is 2.66. The zero-order chi connectivity index (χ0) is 13.2. The highest BCUT2D eigenvalue weighted by atomic mass is 79.9. The minimum absolute atomic E-state index is 0.0208. The Kier molecular flexibility index (Phi) is 3.84. The number of hydrogen-bond donors (Lipinski definition) is 1. The van der Waals surface area contributed by atoms with Crippen LogP contribution >= 0.6 is 15.9 Å². The molecule has 1 aromatic carbocycles. The van der Waals surface area contributed by atoms with Crippen molar-refractivity contribution in [3.63, 3.8) is 0 Å². The first-order chi connectivity index (χ1) is 8.49. The summed E-state index contributed by atoms with van der Waals surface area (Å²) >= 11 is 2.96. The molecule has 1 aromatic heterocycles. The molecule has 0 radical (unpaired) electrons. The third-order valence-electron chi connectivity index (χ3n) is 2.22. The predicted molar refractivity (Wildman–Crippen MR) is 66.8 cm³/mol. The van der Waals surface area contributed by atoms with Gasteiger partial charge < -0.3 is 4.42 Å². The summed E-state index contributed by atoms with van der Waals surface area (Å²) in [7, 11) is -3.75. The molecule has 2 rings (SSSR count). The van der Waals surface area contributed by atoms with Gasteiger partial charge in [0.1, 0.15) is 11.6 Å². The lowest BCUT2D eigenvalue weighted by Gasteiger charge is -2.05. The average Bonchev–Trinajstić information content (AvgIpc) is 2.83. The van der Waals surface area contributed by atoms with Gasteiger partial charge in [0, 0.05) is 0 Å². The van der Waals surface area contributed by atoms with E-state index in [2.05, 4.69) is 20.7 Å². The van der Waals surface area contributed by atoms with Crippen molar-refractivity contribution >= 4 is 26.0 Å². The molecule has 0 atom stereocenters. The van der Waals surface area contributed by atoms with Crippen molar-refractivity contribution < 1.29 is 17.2 Å². The molecule has 0 saturated heterocycles. The molecule has 7 heteroatoms. The summed E-state index contributed by atoms with van der Waals surface area (Å²) in [6, 6.07) is 6.91. The molecule has 0 unspecified atom stereocenters. The standard InChI is InChI=1S/C11H9BrFNO3S/c12-10-4-3-9(6-11(10)13)18(15,16)14-7-8-2-1-5-17-8/h1-6,14H,7H2. The van der Waals surface area contributed by atoms with Crippen molar-refractivity contribution in [3.8, 4) is 0 Å². The first-order valence-corrected chi connectivity index (χ1v) is 7.24. The molecule has 4 nitrogen and oxygen atoms in total. The van der Waals surface area contributed by atoms with Crippen LogP contribution in [0.3, 0.4) is 0 Å². The van der Waals surface area contributed by atoms with E-state index in [4.69, 9.17) is 4.42 Å². The first-order valence-electron chi connectivity index (χ1n) is 4.96. The van der Waals surface area contributed by atoms with Crippen LogP contribution in [0.15, 0.2) is 50.4 Å². The maximum atomic E-state index is 13.3. The molecule has 0 aliphatic rings. The van der Waals surface area contributed by atoms with Crippen molar-refractivity contribution in [1.82, 2.24) is 4.72 Å². The lowest BCUT2D eigenvalue weighted by molar-refractivity contribution is 0.498. The molecule has 0 fully saturated rings. The van der Waals surface area contributed by atoms with E-state index < -0.39 is 15.8 Å².